The van der Waals surface area contributed by atoms with Gasteiger partial charge in [0.1, 0.15) is 0 Å². The molecule has 0 amide bonds. The Kier molecular flexibility index (Phi) is 4.60. The molecule has 6 heteroatoms. The molecule has 0 spiro atoms. The Morgan fingerprint density at radius 2 is 1.65 bits per heavy atom. The smallest absolute Gasteiger partial charge is 0.310 e. The molecule has 2 nitrogen and oxygen atoms in total. The Bertz CT molecular complexity index is 620. The summed E-state index contributed by atoms with van der Waals surface area (Å²) in [5.74, 6) is -1.47. The highest BCUT2D eigenvalue weighted by Gasteiger charge is 2.32. The zero-order valence-corrected chi connectivity index (χ0v) is 13.8. The SMILES string of the molecule is CC(C)C(C(=O)O)C1=Cc2c(Cl)c(Cl)c(Cl)c(Cl)c2C1. The molecule has 0 bridgehead atoms. The molecule has 0 fully saturated rings. The third-order valence-electron chi connectivity index (χ3n) is 3.45. The van der Waals surface area contributed by atoms with Crippen molar-refractivity contribution in [1.82, 2.24) is 0 Å². The van der Waals surface area contributed by atoms with Crippen molar-refractivity contribution in [3.63, 3.8) is 0 Å². The molecule has 0 radical (unpaired) electrons. The van der Waals surface area contributed by atoms with E-state index < -0.39 is 11.9 Å². The zero-order chi connectivity index (χ0) is 15.2. The maximum Gasteiger partial charge on any atom is 0.310 e. The lowest BCUT2D eigenvalue weighted by molar-refractivity contribution is -0.141. The molecule has 1 unspecified atom stereocenters. The molecule has 108 valence electrons. The molecule has 1 aromatic rings. The third kappa shape index (κ3) is 2.55. The first kappa shape index (κ1) is 16.0. The fourth-order valence-electron chi connectivity index (χ4n) is 2.53. The van der Waals surface area contributed by atoms with Crippen LogP contribution < -0.4 is 0 Å². The number of halogens is 4. The molecule has 1 aliphatic rings. The molecule has 20 heavy (non-hydrogen) atoms. The Labute approximate surface area is 137 Å². The van der Waals surface area contributed by atoms with E-state index in [9.17, 15) is 9.90 Å². The molecule has 0 saturated carbocycles. The summed E-state index contributed by atoms with van der Waals surface area (Å²) < 4.78 is 0. The lowest BCUT2D eigenvalue weighted by Crippen LogP contribution is -2.22. The van der Waals surface area contributed by atoms with Crippen molar-refractivity contribution in [3.8, 4) is 0 Å². The van der Waals surface area contributed by atoms with E-state index in [0.29, 0.717) is 22.0 Å². The summed E-state index contributed by atoms with van der Waals surface area (Å²) in [7, 11) is 0. The molecular weight excluding hydrogens is 342 g/mol. The van der Waals surface area contributed by atoms with Crippen LogP contribution in [0.3, 0.4) is 0 Å². The van der Waals surface area contributed by atoms with Crippen LogP contribution in [0.2, 0.25) is 20.1 Å². The summed E-state index contributed by atoms with van der Waals surface area (Å²) in [6.07, 6.45) is 2.20. The van der Waals surface area contributed by atoms with Crippen molar-refractivity contribution in [2.45, 2.75) is 20.3 Å². The van der Waals surface area contributed by atoms with Gasteiger partial charge in [0, 0.05) is 0 Å². The van der Waals surface area contributed by atoms with Crippen LogP contribution in [0.1, 0.15) is 25.0 Å². The van der Waals surface area contributed by atoms with Gasteiger partial charge in [0.25, 0.3) is 0 Å². The second-order valence-corrected chi connectivity index (χ2v) is 6.62. The fraction of sp³-hybridized carbons (Fsp3) is 0.357. The van der Waals surface area contributed by atoms with Crippen molar-refractivity contribution in [1.29, 1.82) is 0 Å². The molecule has 1 aromatic carbocycles. The lowest BCUT2D eigenvalue weighted by atomic mass is 9.87. The minimum absolute atomic E-state index is 0.0310. The van der Waals surface area contributed by atoms with Gasteiger partial charge >= 0.3 is 5.97 Å². The molecule has 1 N–H and O–H groups in total. The monoisotopic (exact) mass is 352 g/mol. The van der Waals surface area contributed by atoms with Gasteiger partial charge in [-0.15, -0.1) is 0 Å². The highest BCUT2D eigenvalue weighted by Crippen LogP contribution is 2.47. The minimum atomic E-state index is -0.858. The number of carbonyl (C=O) groups is 1. The molecule has 1 atom stereocenters. The number of aliphatic carboxylic acids is 1. The quantitative estimate of drug-likeness (QED) is 0.567. The Hall–Kier alpha value is -0.410. The van der Waals surface area contributed by atoms with Gasteiger partial charge in [-0.3, -0.25) is 4.79 Å². The van der Waals surface area contributed by atoms with E-state index in [2.05, 4.69) is 0 Å². The summed E-state index contributed by atoms with van der Waals surface area (Å²) in [5, 5.41) is 10.4. The minimum Gasteiger partial charge on any atom is -0.481 e. The summed E-state index contributed by atoms with van der Waals surface area (Å²) in [6, 6.07) is 0. The van der Waals surface area contributed by atoms with Crippen LogP contribution in [0, 0.1) is 11.8 Å². The number of hydrogen-bond donors (Lipinski definition) is 1. The molecule has 1 aliphatic carbocycles. The number of carboxylic acid groups (broad SMARTS) is 1. The van der Waals surface area contributed by atoms with E-state index in [4.69, 9.17) is 46.4 Å². The number of rotatable bonds is 3. The normalized spacial score (nSPS) is 15.2. The summed E-state index contributed by atoms with van der Waals surface area (Å²) in [4.78, 5) is 11.4. The van der Waals surface area contributed by atoms with Crippen LogP contribution in [0.25, 0.3) is 6.08 Å². The maximum absolute atomic E-state index is 11.4. The van der Waals surface area contributed by atoms with E-state index >= 15 is 0 Å². The first-order chi connectivity index (χ1) is 9.25. The van der Waals surface area contributed by atoms with Crippen molar-refractivity contribution in [3.05, 3.63) is 36.8 Å². The maximum atomic E-state index is 11.4. The molecule has 0 saturated heterocycles. The van der Waals surface area contributed by atoms with Crippen LogP contribution in [0.4, 0.5) is 0 Å². The summed E-state index contributed by atoms with van der Waals surface area (Å²) in [5.41, 5.74) is 2.19. The third-order valence-corrected chi connectivity index (χ3v) is 5.30. The van der Waals surface area contributed by atoms with E-state index in [1.54, 1.807) is 6.08 Å². The van der Waals surface area contributed by atoms with Gasteiger partial charge in [-0.1, -0.05) is 71.9 Å². The van der Waals surface area contributed by atoms with E-state index in [-0.39, 0.29) is 16.0 Å². The zero-order valence-electron chi connectivity index (χ0n) is 10.8. The predicted molar refractivity (Wildman–Crippen MR) is 84.1 cm³/mol. The topological polar surface area (TPSA) is 37.3 Å². The van der Waals surface area contributed by atoms with Gasteiger partial charge in [0.05, 0.1) is 26.0 Å². The first-order valence-corrected chi connectivity index (χ1v) is 7.55. The van der Waals surface area contributed by atoms with Crippen molar-refractivity contribution in [2.75, 3.05) is 0 Å². The van der Waals surface area contributed by atoms with Crippen LogP contribution in [0.5, 0.6) is 0 Å². The van der Waals surface area contributed by atoms with E-state index in [1.807, 2.05) is 13.8 Å². The van der Waals surface area contributed by atoms with Gasteiger partial charge in [-0.05, 0) is 23.5 Å². The molecule has 2 rings (SSSR count). The van der Waals surface area contributed by atoms with Gasteiger partial charge in [0.15, 0.2) is 0 Å². The van der Waals surface area contributed by atoms with Crippen molar-refractivity contribution in [2.24, 2.45) is 11.8 Å². The molecule has 0 heterocycles. The van der Waals surface area contributed by atoms with Crippen LogP contribution in [-0.4, -0.2) is 11.1 Å². The number of hydrogen-bond acceptors (Lipinski definition) is 1. The summed E-state index contributed by atoms with van der Waals surface area (Å²) in [6.45, 7) is 3.73. The first-order valence-electron chi connectivity index (χ1n) is 6.03. The van der Waals surface area contributed by atoms with Gasteiger partial charge in [0.2, 0.25) is 0 Å². The average molecular weight is 354 g/mol. The highest BCUT2D eigenvalue weighted by atomic mass is 35.5. The highest BCUT2D eigenvalue weighted by molar-refractivity contribution is 6.52. The van der Waals surface area contributed by atoms with Gasteiger partial charge < -0.3 is 5.11 Å². The Balaban J connectivity index is 2.54. The Morgan fingerprint density at radius 3 is 2.15 bits per heavy atom. The molecule has 0 aromatic heterocycles. The number of benzene rings is 1. The second kappa shape index (κ2) is 5.76. The van der Waals surface area contributed by atoms with Crippen molar-refractivity contribution < 1.29 is 9.90 Å². The van der Waals surface area contributed by atoms with Crippen molar-refractivity contribution >= 4 is 58.4 Å². The fourth-order valence-corrected chi connectivity index (χ4v) is 3.56. The summed E-state index contributed by atoms with van der Waals surface area (Å²) >= 11 is 24.4. The standard InChI is InChI=1S/C14H12Cl4O2/c1-5(2)9(14(19)20)6-3-7-8(4-6)11(16)13(18)12(17)10(7)15/h3,5,9H,4H2,1-2H3,(H,19,20). The average Bonchev–Trinajstić information content (AvgIpc) is 2.77. The molecule has 0 aliphatic heterocycles. The van der Waals surface area contributed by atoms with Gasteiger partial charge in [-0.2, -0.15) is 0 Å². The second-order valence-electron chi connectivity index (χ2n) is 5.10. The largest absolute Gasteiger partial charge is 0.481 e. The van der Waals surface area contributed by atoms with Gasteiger partial charge in [-0.25, -0.2) is 0 Å². The number of carboxylic acids is 1. The lowest BCUT2D eigenvalue weighted by Gasteiger charge is -2.17. The number of fused-ring (bicyclic) bond motifs is 1. The van der Waals surface area contributed by atoms with Crippen LogP contribution >= 0.6 is 46.4 Å². The van der Waals surface area contributed by atoms with E-state index in [0.717, 1.165) is 11.1 Å². The van der Waals surface area contributed by atoms with Crippen LogP contribution in [-0.2, 0) is 11.2 Å². The Morgan fingerprint density at radius 1 is 1.10 bits per heavy atom. The molecular formula is C14H12Cl4O2. The van der Waals surface area contributed by atoms with Crippen LogP contribution in [0.15, 0.2) is 5.57 Å². The predicted octanol–water partition coefficient (Wildman–Crippen LogP) is 5.60. The van der Waals surface area contributed by atoms with E-state index in [1.165, 1.54) is 0 Å².